The van der Waals surface area contributed by atoms with E-state index in [9.17, 15) is 0 Å². The van der Waals surface area contributed by atoms with Gasteiger partial charge in [0.2, 0.25) is 0 Å². The van der Waals surface area contributed by atoms with Crippen LogP contribution in [0.3, 0.4) is 0 Å². The fourth-order valence-corrected chi connectivity index (χ4v) is 2.52. The van der Waals surface area contributed by atoms with Gasteiger partial charge in [0, 0.05) is 19.6 Å². The molecule has 0 amide bonds. The number of piperidine rings is 1. The predicted molar refractivity (Wildman–Crippen MR) is 90.5 cm³/mol. The van der Waals surface area contributed by atoms with Crippen LogP contribution in [-0.2, 0) is 6.54 Å². The van der Waals surface area contributed by atoms with Gasteiger partial charge < -0.3 is 11.5 Å². The molecule has 0 aromatic heterocycles. The van der Waals surface area contributed by atoms with Gasteiger partial charge in [0.25, 0.3) is 0 Å². The van der Waals surface area contributed by atoms with Crippen LogP contribution in [0.15, 0.2) is 35.3 Å². The van der Waals surface area contributed by atoms with Crippen molar-refractivity contribution in [3.63, 3.8) is 0 Å². The number of halogens is 1. The number of guanidine groups is 1. The minimum atomic E-state index is 0. The Kier molecular flexibility index (Phi) is 7.15. The SMILES string of the molecule is I.NC(N)=NCC1CCCN(Cc2ccccc2)C1. The van der Waals surface area contributed by atoms with Crippen molar-refractivity contribution in [3.8, 4) is 0 Å². The van der Waals surface area contributed by atoms with Gasteiger partial charge in [-0.15, -0.1) is 24.0 Å². The molecule has 4 N–H and O–H groups in total. The lowest BCUT2D eigenvalue weighted by atomic mass is 9.98. The van der Waals surface area contributed by atoms with E-state index in [4.69, 9.17) is 11.5 Å². The molecule has 1 aliphatic rings. The third-order valence-electron chi connectivity index (χ3n) is 3.38. The highest BCUT2D eigenvalue weighted by Crippen LogP contribution is 2.18. The molecular weight excluding hydrogens is 351 g/mol. The fourth-order valence-electron chi connectivity index (χ4n) is 2.52. The molecule has 5 heteroatoms. The number of benzene rings is 1. The highest BCUT2D eigenvalue weighted by molar-refractivity contribution is 14.0. The van der Waals surface area contributed by atoms with Crippen molar-refractivity contribution in [2.75, 3.05) is 19.6 Å². The van der Waals surface area contributed by atoms with Gasteiger partial charge in [0.15, 0.2) is 5.96 Å². The van der Waals surface area contributed by atoms with E-state index in [0.717, 1.165) is 19.6 Å². The lowest BCUT2D eigenvalue weighted by Gasteiger charge is -2.32. The van der Waals surface area contributed by atoms with E-state index < -0.39 is 0 Å². The maximum Gasteiger partial charge on any atom is 0.185 e. The van der Waals surface area contributed by atoms with E-state index in [1.165, 1.54) is 24.9 Å². The largest absolute Gasteiger partial charge is 0.370 e. The molecule has 1 unspecified atom stereocenters. The summed E-state index contributed by atoms with van der Waals surface area (Å²) >= 11 is 0. The van der Waals surface area contributed by atoms with Gasteiger partial charge >= 0.3 is 0 Å². The van der Waals surface area contributed by atoms with Gasteiger partial charge in [-0.05, 0) is 30.9 Å². The summed E-state index contributed by atoms with van der Waals surface area (Å²) in [5.41, 5.74) is 12.1. The number of hydrogen-bond donors (Lipinski definition) is 2. The monoisotopic (exact) mass is 374 g/mol. The molecule has 19 heavy (non-hydrogen) atoms. The molecule has 0 spiro atoms. The molecule has 1 aromatic rings. The molecule has 0 radical (unpaired) electrons. The van der Waals surface area contributed by atoms with Crippen LogP contribution in [0, 0.1) is 5.92 Å². The Morgan fingerprint density at radius 1 is 1.26 bits per heavy atom. The number of nitrogens with two attached hydrogens (primary N) is 2. The van der Waals surface area contributed by atoms with E-state index >= 15 is 0 Å². The molecule has 0 bridgehead atoms. The quantitative estimate of drug-likeness (QED) is 0.480. The molecule has 0 saturated carbocycles. The average Bonchev–Trinajstić information content (AvgIpc) is 2.38. The Labute approximate surface area is 132 Å². The second kappa shape index (κ2) is 8.37. The highest BCUT2D eigenvalue weighted by atomic mass is 127. The molecule has 4 nitrogen and oxygen atoms in total. The van der Waals surface area contributed by atoms with E-state index in [2.05, 4.69) is 40.2 Å². The summed E-state index contributed by atoms with van der Waals surface area (Å²) in [5, 5.41) is 0. The molecule has 106 valence electrons. The fraction of sp³-hybridized carbons (Fsp3) is 0.500. The Bertz CT molecular complexity index is 390. The van der Waals surface area contributed by atoms with Gasteiger partial charge in [-0.1, -0.05) is 30.3 Å². The van der Waals surface area contributed by atoms with Crippen LogP contribution in [0.5, 0.6) is 0 Å². The Hall–Kier alpha value is -0.820. The van der Waals surface area contributed by atoms with Crippen LogP contribution in [-0.4, -0.2) is 30.5 Å². The van der Waals surface area contributed by atoms with Crippen LogP contribution in [0.2, 0.25) is 0 Å². The second-order valence-electron chi connectivity index (χ2n) is 4.99. The molecule has 1 heterocycles. The minimum Gasteiger partial charge on any atom is -0.370 e. The third kappa shape index (κ3) is 5.78. The van der Waals surface area contributed by atoms with Crippen molar-refractivity contribution in [2.45, 2.75) is 19.4 Å². The summed E-state index contributed by atoms with van der Waals surface area (Å²) in [4.78, 5) is 6.63. The first-order valence-electron chi connectivity index (χ1n) is 6.55. The topological polar surface area (TPSA) is 67.6 Å². The van der Waals surface area contributed by atoms with E-state index in [1.807, 2.05) is 0 Å². The van der Waals surface area contributed by atoms with Crippen LogP contribution in [0.1, 0.15) is 18.4 Å². The first kappa shape index (κ1) is 16.2. The molecule has 0 aliphatic carbocycles. The summed E-state index contributed by atoms with van der Waals surface area (Å²) in [6, 6.07) is 10.6. The number of nitrogens with zero attached hydrogens (tertiary/aromatic N) is 2. The van der Waals surface area contributed by atoms with Gasteiger partial charge in [-0.2, -0.15) is 0 Å². The Morgan fingerprint density at radius 2 is 2.00 bits per heavy atom. The summed E-state index contributed by atoms with van der Waals surface area (Å²) in [7, 11) is 0. The van der Waals surface area contributed by atoms with Gasteiger partial charge in [-0.3, -0.25) is 9.89 Å². The second-order valence-corrected chi connectivity index (χ2v) is 4.99. The van der Waals surface area contributed by atoms with Crippen molar-refractivity contribution < 1.29 is 0 Å². The highest BCUT2D eigenvalue weighted by Gasteiger charge is 2.19. The zero-order chi connectivity index (χ0) is 12.8. The van der Waals surface area contributed by atoms with E-state index in [-0.39, 0.29) is 29.9 Å². The van der Waals surface area contributed by atoms with Crippen LogP contribution in [0.25, 0.3) is 0 Å². The van der Waals surface area contributed by atoms with Crippen molar-refractivity contribution >= 4 is 29.9 Å². The van der Waals surface area contributed by atoms with Gasteiger partial charge in [0.05, 0.1) is 0 Å². The summed E-state index contributed by atoms with van der Waals surface area (Å²) in [6.07, 6.45) is 2.46. The van der Waals surface area contributed by atoms with Crippen LogP contribution in [0.4, 0.5) is 0 Å². The standard InChI is InChI=1S/C14H22N4.HI/c15-14(16)17-9-13-7-4-8-18(11-13)10-12-5-2-1-3-6-12;/h1-3,5-6,13H,4,7-11H2,(H4,15,16,17);1H. The smallest absolute Gasteiger partial charge is 0.185 e. The number of aliphatic imine (C=N–C) groups is 1. The lowest BCUT2D eigenvalue weighted by molar-refractivity contribution is 0.171. The lowest BCUT2D eigenvalue weighted by Crippen LogP contribution is -2.36. The zero-order valence-electron chi connectivity index (χ0n) is 11.2. The van der Waals surface area contributed by atoms with Crippen molar-refractivity contribution in [2.24, 2.45) is 22.4 Å². The summed E-state index contributed by atoms with van der Waals surface area (Å²) < 4.78 is 0. The summed E-state index contributed by atoms with van der Waals surface area (Å²) in [6.45, 7) is 4.05. The number of hydrogen-bond acceptors (Lipinski definition) is 2. The first-order valence-corrected chi connectivity index (χ1v) is 6.55. The molecule has 1 aromatic carbocycles. The van der Waals surface area contributed by atoms with Crippen LogP contribution >= 0.6 is 24.0 Å². The minimum absolute atomic E-state index is 0. The van der Waals surface area contributed by atoms with E-state index in [1.54, 1.807) is 0 Å². The Balaban J connectivity index is 0.00000180. The number of likely N-dealkylation sites (tertiary alicyclic amines) is 1. The van der Waals surface area contributed by atoms with E-state index in [0.29, 0.717) is 5.92 Å². The first-order chi connectivity index (χ1) is 8.74. The maximum absolute atomic E-state index is 5.38. The van der Waals surface area contributed by atoms with Gasteiger partial charge in [0.1, 0.15) is 0 Å². The Morgan fingerprint density at radius 3 is 2.68 bits per heavy atom. The maximum atomic E-state index is 5.38. The molecular formula is C14H23IN4. The normalized spacial score (nSPS) is 19.5. The van der Waals surface area contributed by atoms with Crippen LogP contribution < -0.4 is 11.5 Å². The number of rotatable bonds is 4. The molecule has 1 saturated heterocycles. The van der Waals surface area contributed by atoms with Crippen molar-refractivity contribution in [1.29, 1.82) is 0 Å². The molecule has 1 fully saturated rings. The predicted octanol–water partition coefficient (Wildman–Crippen LogP) is 1.79. The molecule has 1 aliphatic heterocycles. The summed E-state index contributed by atoms with van der Waals surface area (Å²) in [5.74, 6) is 0.791. The van der Waals surface area contributed by atoms with Crippen molar-refractivity contribution in [3.05, 3.63) is 35.9 Å². The molecule has 2 rings (SSSR count). The van der Waals surface area contributed by atoms with Crippen molar-refractivity contribution in [1.82, 2.24) is 4.90 Å². The zero-order valence-corrected chi connectivity index (χ0v) is 13.5. The molecule has 1 atom stereocenters. The third-order valence-corrected chi connectivity index (χ3v) is 3.38. The van der Waals surface area contributed by atoms with Gasteiger partial charge in [-0.25, -0.2) is 0 Å². The average molecular weight is 374 g/mol.